The summed E-state index contributed by atoms with van der Waals surface area (Å²) in [5, 5.41) is 2.80. The Labute approximate surface area is 166 Å². The predicted octanol–water partition coefficient (Wildman–Crippen LogP) is 3.86. The number of fused-ring (bicyclic) bond motifs is 1. The molecule has 0 atom stereocenters. The Bertz CT molecular complexity index is 1310. The van der Waals surface area contributed by atoms with Crippen LogP contribution >= 0.6 is 0 Å². The number of carbonyl (C=O) groups excluding carboxylic acids is 1. The molecule has 152 valence electrons. The van der Waals surface area contributed by atoms with E-state index in [0.29, 0.717) is 0 Å². The fourth-order valence-corrected chi connectivity index (χ4v) is 3.00. The highest BCUT2D eigenvalue weighted by Crippen LogP contribution is 2.32. The molecule has 0 spiro atoms. The molecule has 0 radical (unpaired) electrons. The van der Waals surface area contributed by atoms with Gasteiger partial charge in [-0.25, -0.2) is 9.97 Å². The highest BCUT2D eigenvalue weighted by molar-refractivity contribution is 6.07. The second-order valence-corrected chi connectivity index (χ2v) is 6.41. The lowest BCUT2D eigenvalue weighted by Crippen LogP contribution is -2.21. The number of rotatable bonds is 3. The van der Waals surface area contributed by atoms with E-state index in [4.69, 9.17) is 4.42 Å². The smallest absolute Gasteiger partial charge is 0.416 e. The van der Waals surface area contributed by atoms with E-state index in [2.05, 4.69) is 15.3 Å². The van der Waals surface area contributed by atoms with Crippen LogP contribution < -0.4 is 10.9 Å². The van der Waals surface area contributed by atoms with E-state index in [0.717, 1.165) is 24.8 Å². The van der Waals surface area contributed by atoms with Gasteiger partial charge in [-0.3, -0.25) is 14.2 Å². The van der Waals surface area contributed by atoms with Crippen molar-refractivity contribution in [3.05, 3.63) is 76.7 Å². The Morgan fingerprint density at radius 3 is 2.63 bits per heavy atom. The average molecular weight is 414 g/mol. The van der Waals surface area contributed by atoms with Crippen LogP contribution in [0.25, 0.3) is 22.3 Å². The molecule has 2 aromatic carbocycles. The quantitative estimate of drug-likeness (QED) is 0.550. The zero-order valence-corrected chi connectivity index (χ0v) is 15.4. The van der Waals surface area contributed by atoms with Crippen molar-refractivity contribution in [1.29, 1.82) is 0 Å². The number of halogens is 3. The van der Waals surface area contributed by atoms with Crippen LogP contribution in [0.3, 0.4) is 0 Å². The van der Waals surface area contributed by atoms with Gasteiger partial charge in [0.15, 0.2) is 12.1 Å². The van der Waals surface area contributed by atoms with Gasteiger partial charge in [-0.15, -0.1) is 0 Å². The molecule has 1 amide bonds. The first-order valence-corrected chi connectivity index (χ1v) is 8.62. The molecule has 4 aromatic rings. The maximum atomic E-state index is 13.1. The Hall–Kier alpha value is -3.95. The lowest BCUT2D eigenvalue weighted by Gasteiger charge is -2.13. The molecule has 2 heterocycles. The Morgan fingerprint density at radius 1 is 1.17 bits per heavy atom. The Morgan fingerprint density at radius 2 is 1.93 bits per heavy atom. The molecule has 0 aliphatic heterocycles. The molecule has 7 nitrogen and oxygen atoms in total. The van der Waals surface area contributed by atoms with Crippen LogP contribution in [0, 0.1) is 0 Å². The van der Waals surface area contributed by atoms with Crippen molar-refractivity contribution in [2.24, 2.45) is 7.05 Å². The van der Waals surface area contributed by atoms with Gasteiger partial charge in [-0.2, -0.15) is 13.2 Å². The molecule has 0 unspecified atom stereocenters. The highest BCUT2D eigenvalue weighted by Gasteiger charge is 2.30. The van der Waals surface area contributed by atoms with E-state index >= 15 is 0 Å². The number of oxazole rings is 1. The summed E-state index contributed by atoms with van der Waals surface area (Å²) < 4.78 is 45.3. The third-order valence-corrected chi connectivity index (χ3v) is 4.47. The second-order valence-electron chi connectivity index (χ2n) is 6.41. The molecular formula is C20H13F3N4O3. The normalized spacial score (nSPS) is 11.6. The van der Waals surface area contributed by atoms with E-state index in [1.165, 1.54) is 35.9 Å². The lowest BCUT2D eigenvalue weighted by atomic mass is 10.1. The van der Waals surface area contributed by atoms with Crippen molar-refractivity contribution in [2.45, 2.75) is 6.18 Å². The molecule has 0 bridgehead atoms. The van der Waals surface area contributed by atoms with Gasteiger partial charge in [0.05, 0.1) is 16.6 Å². The summed E-state index contributed by atoms with van der Waals surface area (Å²) >= 11 is 0. The van der Waals surface area contributed by atoms with E-state index in [9.17, 15) is 22.8 Å². The van der Waals surface area contributed by atoms with Gasteiger partial charge >= 0.3 is 6.18 Å². The topological polar surface area (TPSA) is 90.0 Å². The number of nitrogens with one attached hydrogen (secondary N) is 1. The van der Waals surface area contributed by atoms with E-state index < -0.39 is 23.2 Å². The molecule has 0 aliphatic carbocycles. The minimum Gasteiger partial charge on any atom is -0.451 e. The molecule has 0 fully saturated rings. The van der Waals surface area contributed by atoms with Gasteiger partial charge in [0.1, 0.15) is 17.6 Å². The summed E-state index contributed by atoms with van der Waals surface area (Å²) in [5.41, 5.74) is -0.832. The first-order chi connectivity index (χ1) is 14.3. The maximum absolute atomic E-state index is 13.1. The van der Waals surface area contributed by atoms with E-state index in [1.807, 2.05) is 0 Å². The van der Waals surface area contributed by atoms with Crippen molar-refractivity contribution in [3.8, 4) is 11.4 Å². The van der Waals surface area contributed by atoms with Crippen LogP contribution in [0.5, 0.6) is 0 Å². The van der Waals surface area contributed by atoms with Crippen molar-refractivity contribution in [2.75, 3.05) is 5.32 Å². The maximum Gasteiger partial charge on any atom is 0.416 e. The number of nitrogens with zero attached hydrogens (tertiary/aromatic N) is 3. The van der Waals surface area contributed by atoms with E-state index in [1.54, 1.807) is 6.07 Å². The molecule has 2 aromatic heterocycles. The molecule has 0 aliphatic rings. The van der Waals surface area contributed by atoms with Crippen molar-refractivity contribution in [1.82, 2.24) is 14.5 Å². The molecule has 4 rings (SSSR count). The number of amides is 1. The largest absolute Gasteiger partial charge is 0.451 e. The van der Waals surface area contributed by atoms with Gasteiger partial charge in [-0.1, -0.05) is 18.2 Å². The monoisotopic (exact) mass is 414 g/mol. The summed E-state index contributed by atoms with van der Waals surface area (Å²) in [4.78, 5) is 33.3. The van der Waals surface area contributed by atoms with E-state index in [-0.39, 0.29) is 33.7 Å². The van der Waals surface area contributed by atoms with Crippen molar-refractivity contribution >= 4 is 22.5 Å². The van der Waals surface area contributed by atoms with Gasteiger partial charge in [0, 0.05) is 12.6 Å². The van der Waals surface area contributed by atoms with Crippen LogP contribution in [0.1, 0.15) is 16.1 Å². The molecule has 30 heavy (non-hydrogen) atoms. The van der Waals surface area contributed by atoms with Gasteiger partial charge < -0.3 is 9.73 Å². The fourth-order valence-electron chi connectivity index (χ4n) is 3.00. The number of benzene rings is 2. The summed E-state index contributed by atoms with van der Waals surface area (Å²) in [5.74, 6) is -0.555. The molecular weight excluding hydrogens is 401 g/mol. The summed E-state index contributed by atoms with van der Waals surface area (Å²) in [7, 11) is 1.42. The fraction of sp³-hybridized carbons (Fsp3) is 0.100. The average Bonchev–Trinajstić information content (AvgIpc) is 3.25. The Kier molecular flexibility index (Phi) is 4.61. The van der Waals surface area contributed by atoms with Gasteiger partial charge in [-0.05, 0) is 24.3 Å². The van der Waals surface area contributed by atoms with Crippen LogP contribution in [0.2, 0.25) is 0 Å². The summed E-state index contributed by atoms with van der Waals surface area (Å²) in [6.45, 7) is 0. The first-order valence-electron chi connectivity index (χ1n) is 8.62. The molecule has 0 saturated carbocycles. The molecule has 10 heteroatoms. The number of carbonyl (C=O) groups is 1. The zero-order chi connectivity index (χ0) is 21.5. The number of hydrogen-bond donors (Lipinski definition) is 1. The number of para-hydroxylation sites is 1. The number of alkyl halides is 3. The summed E-state index contributed by atoms with van der Waals surface area (Å²) in [6.07, 6.45) is -2.29. The minimum atomic E-state index is -4.54. The number of aromatic nitrogens is 3. The molecule has 1 N–H and O–H groups in total. The first kappa shape index (κ1) is 19.4. The molecule has 0 saturated heterocycles. The van der Waals surface area contributed by atoms with Crippen LogP contribution in [0.4, 0.5) is 18.9 Å². The third-order valence-electron chi connectivity index (χ3n) is 4.47. The van der Waals surface area contributed by atoms with Crippen LogP contribution in [0.15, 0.2) is 64.3 Å². The second kappa shape index (κ2) is 7.14. The Balaban J connectivity index is 1.88. The van der Waals surface area contributed by atoms with Crippen molar-refractivity contribution < 1.29 is 22.4 Å². The lowest BCUT2D eigenvalue weighted by molar-refractivity contribution is -0.137. The van der Waals surface area contributed by atoms with Crippen LogP contribution in [-0.4, -0.2) is 20.4 Å². The van der Waals surface area contributed by atoms with Crippen molar-refractivity contribution in [3.63, 3.8) is 0 Å². The van der Waals surface area contributed by atoms with Gasteiger partial charge in [0.2, 0.25) is 0 Å². The minimum absolute atomic E-state index is 0.0222. The van der Waals surface area contributed by atoms with Crippen LogP contribution in [-0.2, 0) is 13.2 Å². The summed E-state index contributed by atoms with van der Waals surface area (Å²) in [6, 6.07) is 9.14. The SMILES string of the molecule is Cn1c(-c2cccc(C(F)(F)F)c2)nc2c(NC(=O)c3cocn3)cccc2c1=O. The predicted molar refractivity (Wildman–Crippen MR) is 102 cm³/mol. The zero-order valence-electron chi connectivity index (χ0n) is 15.4. The van der Waals surface area contributed by atoms with Gasteiger partial charge in [0.25, 0.3) is 11.5 Å². The standard InChI is InChI=1S/C20H13F3N4O3/c1-27-17(11-4-2-5-12(8-11)20(21,22)23)26-16-13(19(27)29)6-3-7-14(16)25-18(28)15-9-30-10-24-15/h2-10H,1H3,(H,25,28). The number of anilines is 1. The third kappa shape index (κ3) is 3.43. The number of hydrogen-bond acceptors (Lipinski definition) is 5. The highest BCUT2D eigenvalue weighted by atomic mass is 19.4.